The highest BCUT2D eigenvalue weighted by Gasteiger charge is 2.19. The molecule has 1 aromatic carbocycles. The topological polar surface area (TPSA) is 68.5 Å². The molecule has 0 saturated heterocycles. The van der Waals surface area contributed by atoms with E-state index < -0.39 is 0 Å². The maximum Gasteiger partial charge on any atom is 0.224 e. The van der Waals surface area contributed by atoms with E-state index in [1.807, 2.05) is 57.3 Å². The molecule has 6 nitrogen and oxygen atoms in total. The molecule has 6 heteroatoms. The quantitative estimate of drug-likeness (QED) is 0.590. The van der Waals surface area contributed by atoms with E-state index in [0.29, 0.717) is 19.6 Å². The van der Waals surface area contributed by atoms with Crippen LogP contribution in [0.25, 0.3) is 16.8 Å². The lowest BCUT2D eigenvalue weighted by Crippen LogP contribution is -2.28. The number of hydrogen-bond donors (Lipinski definition) is 1. The van der Waals surface area contributed by atoms with Crippen LogP contribution in [-0.2, 0) is 16.0 Å². The summed E-state index contributed by atoms with van der Waals surface area (Å²) in [5.41, 5.74) is 6.65. The monoisotopic (exact) mass is 394 g/mol. The second-order valence-electron chi connectivity index (χ2n) is 7.62. The number of carbonyl (C=O) groups excluding carboxylic acids is 1. The Balaban J connectivity index is 1.79. The Morgan fingerprint density at radius 1 is 1.14 bits per heavy atom. The predicted octanol–water partition coefficient (Wildman–Crippen LogP) is 3.80. The summed E-state index contributed by atoms with van der Waals surface area (Å²) in [7, 11) is 0. The zero-order valence-electron chi connectivity index (χ0n) is 18.0. The summed E-state index contributed by atoms with van der Waals surface area (Å²) in [5, 5.41) is 7.68. The third kappa shape index (κ3) is 4.82. The van der Waals surface area contributed by atoms with Crippen molar-refractivity contribution in [2.75, 3.05) is 13.2 Å². The molecule has 0 saturated carbocycles. The minimum atomic E-state index is -0.00550. The Kier molecular flexibility index (Phi) is 6.64. The second kappa shape index (κ2) is 9.18. The summed E-state index contributed by atoms with van der Waals surface area (Å²) in [6, 6.07) is 10.2. The number of amides is 1. The van der Waals surface area contributed by atoms with Crippen molar-refractivity contribution in [3.8, 4) is 11.1 Å². The lowest BCUT2D eigenvalue weighted by Gasteiger charge is -2.12. The van der Waals surface area contributed by atoms with Gasteiger partial charge in [0.05, 0.1) is 18.2 Å². The summed E-state index contributed by atoms with van der Waals surface area (Å²) in [6.07, 6.45) is 1.32. The van der Waals surface area contributed by atoms with Gasteiger partial charge < -0.3 is 10.1 Å². The fourth-order valence-electron chi connectivity index (χ4n) is 3.51. The fourth-order valence-corrected chi connectivity index (χ4v) is 3.51. The molecule has 0 bridgehead atoms. The van der Waals surface area contributed by atoms with Crippen molar-refractivity contribution in [1.29, 1.82) is 0 Å². The average Bonchev–Trinajstić information content (AvgIpc) is 3.01. The zero-order valence-corrected chi connectivity index (χ0v) is 18.0. The van der Waals surface area contributed by atoms with Gasteiger partial charge in [-0.05, 0) is 46.6 Å². The predicted molar refractivity (Wildman–Crippen MR) is 115 cm³/mol. The molecule has 3 rings (SSSR count). The van der Waals surface area contributed by atoms with E-state index in [2.05, 4.69) is 17.4 Å². The van der Waals surface area contributed by atoms with Crippen LogP contribution in [0.1, 0.15) is 42.9 Å². The smallest absolute Gasteiger partial charge is 0.224 e. The van der Waals surface area contributed by atoms with Gasteiger partial charge in [0.25, 0.3) is 0 Å². The van der Waals surface area contributed by atoms with E-state index in [9.17, 15) is 4.79 Å². The van der Waals surface area contributed by atoms with Gasteiger partial charge in [-0.15, -0.1) is 0 Å². The first-order valence-corrected chi connectivity index (χ1v) is 10.2. The molecule has 1 amide bonds. The fraction of sp³-hybridized carbons (Fsp3) is 0.435. The first kappa shape index (κ1) is 21.0. The normalized spacial score (nSPS) is 11.4. The van der Waals surface area contributed by atoms with E-state index in [1.54, 1.807) is 0 Å². The number of ether oxygens (including phenoxy) is 1. The molecular formula is C23H30N4O2. The highest BCUT2D eigenvalue weighted by atomic mass is 16.5. The molecule has 0 fully saturated rings. The number of benzene rings is 1. The molecular weight excluding hydrogens is 364 g/mol. The highest BCUT2D eigenvalue weighted by Crippen LogP contribution is 2.29. The Morgan fingerprint density at radius 2 is 1.86 bits per heavy atom. The van der Waals surface area contributed by atoms with Gasteiger partial charge in [-0.2, -0.15) is 5.10 Å². The number of nitrogens with zero attached hydrogens (tertiary/aromatic N) is 3. The van der Waals surface area contributed by atoms with Crippen LogP contribution >= 0.6 is 0 Å². The lowest BCUT2D eigenvalue weighted by molar-refractivity contribution is -0.120. The molecule has 0 spiro atoms. The number of hydrogen-bond acceptors (Lipinski definition) is 4. The van der Waals surface area contributed by atoms with Crippen LogP contribution in [0.2, 0.25) is 0 Å². The van der Waals surface area contributed by atoms with Crippen LogP contribution in [-0.4, -0.2) is 39.8 Å². The molecule has 0 atom stereocenters. The van der Waals surface area contributed by atoms with Crippen LogP contribution in [0.4, 0.5) is 0 Å². The summed E-state index contributed by atoms with van der Waals surface area (Å²) < 4.78 is 7.37. The molecule has 1 N–H and O–H groups in total. The van der Waals surface area contributed by atoms with Crippen molar-refractivity contribution in [2.24, 2.45) is 0 Å². The molecule has 3 aromatic rings. The summed E-state index contributed by atoms with van der Waals surface area (Å²) in [5.74, 6) is -0.00550. The Morgan fingerprint density at radius 3 is 2.55 bits per heavy atom. The first-order valence-electron chi connectivity index (χ1n) is 10.2. The van der Waals surface area contributed by atoms with Crippen LogP contribution < -0.4 is 5.32 Å². The minimum Gasteiger partial charge on any atom is -0.379 e. The first-order chi connectivity index (χ1) is 13.9. The third-order valence-electron chi connectivity index (χ3n) is 5.00. The molecule has 0 unspecified atom stereocenters. The number of carbonyl (C=O) groups is 1. The SMILES string of the molecule is Cc1nc2c(-c3ccccc3)c(C)nn2c(C)c1CC(=O)NCCCOC(C)C. The summed E-state index contributed by atoms with van der Waals surface area (Å²) >= 11 is 0. The molecule has 0 aliphatic heterocycles. The molecule has 29 heavy (non-hydrogen) atoms. The Labute approximate surface area is 172 Å². The van der Waals surface area contributed by atoms with Gasteiger partial charge in [0.15, 0.2) is 5.65 Å². The van der Waals surface area contributed by atoms with Crippen LogP contribution in [0.15, 0.2) is 30.3 Å². The van der Waals surface area contributed by atoms with Gasteiger partial charge >= 0.3 is 0 Å². The van der Waals surface area contributed by atoms with E-state index in [4.69, 9.17) is 14.8 Å². The number of nitrogens with one attached hydrogen (secondary N) is 1. The van der Waals surface area contributed by atoms with E-state index in [1.165, 1.54) is 0 Å². The van der Waals surface area contributed by atoms with Crippen molar-refractivity contribution in [3.63, 3.8) is 0 Å². The van der Waals surface area contributed by atoms with Gasteiger partial charge in [-0.1, -0.05) is 30.3 Å². The van der Waals surface area contributed by atoms with Crippen molar-refractivity contribution < 1.29 is 9.53 Å². The van der Waals surface area contributed by atoms with E-state index >= 15 is 0 Å². The van der Waals surface area contributed by atoms with Crippen molar-refractivity contribution in [2.45, 2.75) is 53.6 Å². The maximum atomic E-state index is 12.4. The average molecular weight is 395 g/mol. The lowest BCUT2D eigenvalue weighted by atomic mass is 10.1. The number of rotatable bonds is 8. The van der Waals surface area contributed by atoms with Crippen LogP contribution in [0.5, 0.6) is 0 Å². The van der Waals surface area contributed by atoms with Gasteiger partial charge in [0.1, 0.15) is 0 Å². The maximum absolute atomic E-state index is 12.4. The molecule has 2 aromatic heterocycles. The summed E-state index contributed by atoms with van der Waals surface area (Å²) in [6.45, 7) is 11.2. The Hall–Kier alpha value is -2.73. The second-order valence-corrected chi connectivity index (χ2v) is 7.62. The zero-order chi connectivity index (χ0) is 21.0. The Bertz CT molecular complexity index is 993. The molecule has 0 aliphatic rings. The van der Waals surface area contributed by atoms with Crippen LogP contribution in [0, 0.1) is 20.8 Å². The van der Waals surface area contributed by atoms with Gasteiger partial charge in [-0.3, -0.25) is 4.79 Å². The van der Waals surface area contributed by atoms with Gasteiger partial charge in [0, 0.05) is 35.7 Å². The van der Waals surface area contributed by atoms with Gasteiger partial charge in [0.2, 0.25) is 5.91 Å². The van der Waals surface area contributed by atoms with Crippen molar-refractivity contribution in [1.82, 2.24) is 19.9 Å². The van der Waals surface area contributed by atoms with E-state index in [0.717, 1.165) is 45.8 Å². The molecule has 154 valence electrons. The highest BCUT2D eigenvalue weighted by molar-refractivity contribution is 5.82. The molecule has 0 aliphatic carbocycles. The number of fused-ring (bicyclic) bond motifs is 1. The largest absolute Gasteiger partial charge is 0.379 e. The number of aryl methyl sites for hydroxylation is 3. The third-order valence-corrected chi connectivity index (χ3v) is 5.00. The number of aromatic nitrogens is 3. The molecule has 2 heterocycles. The standard InChI is InChI=1S/C23H30N4O2/c1-15(2)29-13-9-12-24-21(28)14-20-16(3)25-23-22(19-10-7-6-8-11-19)17(4)26-27(23)18(20)5/h6-8,10-11,15H,9,12-14H2,1-5H3,(H,24,28). The minimum absolute atomic E-state index is 0.00550. The van der Waals surface area contributed by atoms with Crippen molar-refractivity contribution in [3.05, 3.63) is 53.0 Å². The van der Waals surface area contributed by atoms with Gasteiger partial charge in [-0.25, -0.2) is 9.50 Å². The van der Waals surface area contributed by atoms with Crippen molar-refractivity contribution >= 4 is 11.6 Å². The molecule has 0 radical (unpaired) electrons. The summed E-state index contributed by atoms with van der Waals surface area (Å²) in [4.78, 5) is 17.3. The van der Waals surface area contributed by atoms with Crippen LogP contribution in [0.3, 0.4) is 0 Å². The van der Waals surface area contributed by atoms with E-state index in [-0.39, 0.29) is 12.0 Å².